The minimum Gasteiger partial charge on any atom is -0.480 e. The molecule has 0 saturated carbocycles. The lowest BCUT2D eigenvalue weighted by molar-refractivity contribution is -0.152. The van der Waals surface area contributed by atoms with Crippen molar-refractivity contribution in [2.24, 2.45) is 0 Å². The highest BCUT2D eigenvalue weighted by Gasteiger charge is 2.20. The minimum absolute atomic E-state index is 0.177. The fraction of sp³-hybridized carbons (Fsp3) is 0.700. The Bertz CT molecular complexity index is 289. The van der Waals surface area contributed by atoms with Gasteiger partial charge in [0.1, 0.15) is 19.8 Å². The molecule has 0 aromatic carbocycles. The van der Waals surface area contributed by atoms with Crippen LogP contribution >= 0.6 is 0 Å². The maximum absolute atomic E-state index is 11.6. The quantitative estimate of drug-likeness (QED) is 0.609. The molecule has 1 amide bonds. The van der Waals surface area contributed by atoms with Crippen LogP contribution in [0.1, 0.15) is 13.8 Å². The van der Waals surface area contributed by atoms with Gasteiger partial charge in [-0.1, -0.05) is 0 Å². The van der Waals surface area contributed by atoms with E-state index >= 15 is 0 Å². The van der Waals surface area contributed by atoms with Crippen molar-refractivity contribution in [1.29, 1.82) is 0 Å². The number of carboxylic acid groups (broad SMARTS) is 1. The molecule has 7 heteroatoms. The summed E-state index contributed by atoms with van der Waals surface area (Å²) in [6.45, 7) is 2.37. The second-order valence-electron chi connectivity index (χ2n) is 3.58. The number of carbonyl (C=O) groups is 3. The van der Waals surface area contributed by atoms with Gasteiger partial charge in [0, 0.05) is 6.04 Å². The molecule has 0 heterocycles. The Morgan fingerprint density at radius 2 is 1.82 bits per heavy atom. The normalized spacial score (nSPS) is 10.1. The van der Waals surface area contributed by atoms with Crippen LogP contribution in [-0.4, -0.2) is 60.8 Å². The summed E-state index contributed by atoms with van der Waals surface area (Å²) in [7, 11) is 1.23. The number of esters is 1. The Morgan fingerprint density at radius 1 is 1.24 bits per heavy atom. The minimum atomic E-state index is -1.15. The Balaban J connectivity index is 4.25. The van der Waals surface area contributed by atoms with Gasteiger partial charge in [-0.05, 0) is 13.8 Å². The average Bonchev–Trinajstić information content (AvgIpc) is 2.24. The van der Waals surface area contributed by atoms with E-state index in [0.717, 1.165) is 0 Å². The van der Waals surface area contributed by atoms with Gasteiger partial charge in [-0.15, -0.1) is 0 Å². The lowest BCUT2D eigenvalue weighted by atomic mass is 10.3. The van der Waals surface area contributed by atoms with Gasteiger partial charge in [0.2, 0.25) is 5.91 Å². The van der Waals surface area contributed by atoms with Crippen molar-refractivity contribution in [3.63, 3.8) is 0 Å². The fourth-order valence-corrected chi connectivity index (χ4v) is 1.07. The molecule has 0 saturated heterocycles. The Hall–Kier alpha value is -1.63. The SMILES string of the molecule is COC(=O)CN(C(=O)COCC(=O)O)C(C)C. The van der Waals surface area contributed by atoms with Crippen LogP contribution in [0.4, 0.5) is 0 Å². The molecular weight excluding hydrogens is 230 g/mol. The van der Waals surface area contributed by atoms with Crippen LogP contribution < -0.4 is 0 Å². The molecule has 0 aliphatic rings. The third-order valence-electron chi connectivity index (χ3n) is 1.92. The summed E-state index contributed by atoms with van der Waals surface area (Å²) in [5.41, 5.74) is 0. The Labute approximate surface area is 99.3 Å². The molecule has 17 heavy (non-hydrogen) atoms. The van der Waals surface area contributed by atoms with E-state index < -0.39 is 24.5 Å². The zero-order valence-corrected chi connectivity index (χ0v) is 10.1. The van der Waals surface area contributed by atoms with E-state index in [1.807, 2.05) is 0 Å². The molecule has 0 aliphatic carbocycles. The van der Waals surface area contributed by atoms with Crippen molar-refractivity contribution in [2.45, 2.75) is 19.9 Å². The number of carbonyl (C=O) groups excluding carboxylic acids is 2. The summed E-state index contributed by atoms with van der Waals surface area (Å²) in [4.78, 5) is 34.1. The Kier molecular flexibility index (Phi) is 6.88. The first kappa shape index (κ1) is 15.4. The summed E-state index contributed by atoms with van der Waals surface area (Å²) in [5, 5.41) is 8.33. The van der Waals surface area contributed by atoms with Gasteiger partial charge in [0.15, 0.2) is 0 Å². The second-order valence-corrected chi connectivity index (χ2v) is 3.58. The first-order valence-corrected chi connectivity index (χ1v) is 5.04. The highest BCUT2D eigenvalue weighted by molar-refractivity contribution is 5.83. The number of rotatable bonds is 7. The third kappa shape index (κ3) is 6.52. The molecule has 0 spiro atoms. The topological polar surface area (TPSA) is 93.1 Å². The van der Waals surface area contributed by atoms with E-state index in [9.17, 15) is 14.4 Å². The number of ether oxygens (including phenoxy) is 2. The van der Waals surface area contributed by atoms with Crippen LogP contribution in [0, 0.1) is 0 Å². The fourth-order valence-electron chi connectivity index (χ4n) is 1.07. The predicted molar refractivity (Wildman–Crippen MR) is 57.3 cm³/mol. The number of hydrogen-bond donors (Lipinski definition) is 1. The summed E-state index contributed by atoms with van der Waals surface area (Å²) in [6, 6.07) is -0.199. The molecule has 0 unspecified atom stereocenters. The van der Waals surface area contributed by atoms with Crippen LogP contribution in [-0.2, 0) is 23.9 Å². The number of amides is 1. The van der Waals surface area contributed by atoms with Crippen LogP contribution in [0.15, 0.2) is 0 Å². The van der Waals surface area contributed by atoms with Crippen LogP contribution in [0.3, 0.4) is 0 Å². The maximum Gasteiger partial charge on any atom is 0.329 e. The molecule has 0 bridgehead atoms. The molecule has 0 atom stereocenters. The summed E-state index contributed by atoms with van der Waals surface area (Å²) >= 11 is 0. The number of methoxy groups -OCH3 is 1. The molecule has 7 nitrogen and oxygen atoms in total. The van der Waals surface area contributed by atoms with Gasteiger partial charge in [-0.25, -0.2) is 4.79 Å². The average molecular weight is 247 g/mol. The molecule has 0 aromatic rings. The molecule has 98 valence electrons. The molecule has 0 rings (SSSR count). The standard InChI is InChI=1S/C10H17NO6/c1-7(2)11(4-10(15)16-3)8(12)5-17-6-9(13)14/h7H,4-6H2,1-3H3,(H,13,14). The van der Waals surface area contributed by atoms with E-state index in [1.54, 1.807) is 13.8 Å². The predicted octanol–water partition coefficient (Wildman–Crippen LogP) is -0.502. The molecule has 1 N–H and O–H groups in total. The van der Waals surface area contributed by atoms with Crippen LogP contribution in [0.5, 0.6) is 0 Å². The first-order valence-electron chi connectivity index (χ1n) is 5.04. The monoisotopic (exact) mass is 247 g/mol. The van der Waals surface area contributed by atoms with Crippen LogP contribution in [0.2, 0.25) is 0 Å². The number of hydrogen-bond acceptors (Lipinski definition) is 5. The number of nitrogens with zero attached hydrogens (tertiary/aromatic N) is 1. The summed E-state index contributed by atoms with van der Waals surface area (Å²) in [5.74, 6) is -2.14. The van der Waals surface area contributed by atoms with Gasteiger partial charge < -0.3 is 19.5 Å². The lowest BCUT2D eigenvalue weighted by Gasteiger charge is -2.25. The zero-order chi connectivity index (χ0) is 13.4. The van der Waals surface area contributed by atoms with Crippen molar-refractivity contribution in [2.75, 3.05) is 26.9 Å². The van der Waals surface area contributed by atoms with Gasteiger partial charge in [0.05, 0.1) is 7.11 Å². The molecule has 0 radical (unpaired) electrons. The molecular formula is C10H17NO6. The third-order valence-corrected chi connectivity index (χ3v) is 1.92. The summed E-state index contributed by atoms with van der Waals surface area (Å²) in [6.07, 6.45) is 0. The van der Waals surface area contributed by atoms with Gasteiger partial charge in [-0.3, -0.25) is 9.59 Å². The first-order chi connectivity index (χ1) is 7.88. The van der Waals surface area contributed by atoms with Crippen molar-refractivity contribution < 1.29 is 29.0 Å². The van der Waals surface area contributed by atoms with E-state index in [0.29, 0.717) is 0 Å². The van der Waals surface area contributed by atoms with E-state index in [4.69, 9.17) is 5.11 Å². The largest absolute Gasteiger partial charge is 0.480 e. The highest BCUT2D eigenvalue weighted by atomic mass is 16.5. The molecule has 0 aliphatic heterocycles. The van der Waals surface area contributed by atoms with Crippen molar-refractivity contribution in [3.8, 4) is 0 Å². The van der Waals surface area contributed by atoms with Crippen molar-refractivity contribution >= 4 is 17.8 Å². The van der Waals surface area contributed by atoms with Crippen molar-refractivity contribution in [3.05, 3.63) is 0 Å². The van der Waals surface area contributed by atoms with E-state index in [-0.39, 0.29) is 19.2 Å². The van der Waals surface area contributed by atoms with Gasteiger partial charge in [-0.2, -0.15) is 0 Å². The Morgan fingerprint density at radius 3 is 2.24 bits per heavy atom. The highest BCUT2D eigenvalue weighted by Crippen LogP contribution is 2.00. The lowest BCUT2D eigenvalue weighted by Crippen LogP contribution is -2.43. The molecule has 0 fully saturated rings. The number of aliphatic carboxylic acids is 1. The molecule has 0 aromatic heterocycles. The van der Waals surface area contributed by atoms with Crippen LogP contribution in [0.25, 0.3) is 0 Å². The van der Waals surface area contributed by atoms with Crippen molar-refractivity contribution in [1.82, 2.24) is 4.90 Å². The van der Waals surface area contributed by atoms with Gasteiger partial charge >= 0.3 is 11.9 Å². The summed E-state index contributed by atoms with van der Waals surface area (Å²) < 4.78 is 9.12. The maximum atomic E-state index is 11.6. The number of carboxylic acids is 1. The second kappa shape index (κ2) is 7.61. The smallest absolute Gasteiger partial charge is 0.329 e. The van der Waals surface area contributed by atoms with E-state index in [1.165, 1.54) is 12.0 Å². The van der Waals surface area contributed by atoms with Gasteiger partial charge in [0.25, 0.3) is 0 Å². The zero-order valence-electron chi connectivity index (χ0n) is 10.1. The van der Waals surface area contributed by atoms with E-state index in [2.05, 4.69) is 9.47 Å².